The highest BCUT2D eigenvalue weighted by Crippen LogP contribution is 2.32. The van der Waals surface area contributed by atoms with Crippen LogP contribution in [0.3, 0.4) is 0 Å². The summed E-state index contributed by atoms with van der Waals surface area (Å²) >= 11 is 0. The number of esters is 1. The van der Waals surface area contributed by atoms with E-state index in [2.05, 4.69) is 39.1 Å². The molecule has 1 N–H and O–H groups in total. The number of carbonyl (C=O) groups excluding carboxylic acids is 2. The van der Waals surface area contributed by atoms with Crippen molar-refractivity contribution in [1.29, 1.82) is 0 Å². The van der Waals surface area contributed by atoms with E-state index in [1.165, 1.54) is 0 Å². The van der Waals surface area contributed by atoms with Gasteiger partial charge in [-0.05, 0) is 42.2 Å². The van der Waals surface area contributed by atoms with Crippen LogP contribution in [0.15, 0.2) is 30.4 Å². The van der Waals surface area contributed by atoms with Gasteiger partial charge < -0.3 is 10.1 Å². The molecule has 0 heterocycles. The van der Waals surface area contributed by atoms with Crippen molar-refractivity contribution in [2.24, 2.45) is 5.92 Å². The predicted molar refractivity (Wildman–Crippen MR) is 101 cm³/mol. The molecule has 2 rings (SSSR count). The number of ether oxygens (including phenoxy) is 1. The van der Waals surface area contributed by atoms with E-state index in [9.17, 15) is 9.59 Å². The molecule has 1 aliphatic carbocycles. The third kappa shape index (κ3) is 5.18. The highest BCUT2D eigenvalue weighted by molar-refractivity contribution is 5.94. The molecule has 0 unspecified atom stereocenters. The minimum Gasteiger partial charge on any atom is -0.455 e. The Hall–Kier alpha value is -2.10. The van der Waals surface area contributed by atoms with Crippen LogP contribution in [-0.4, -0.2) is 18.5 Å². The van der Waals surface area contributed by atoms with Crippen LogP contribution in [0.5, 0.6) is 0 Å². The van der Waals surface area contributed by atoms with Crippen LogP contribution < -0.4 is 5.32 Å². The second-order valence-corrected chi connectivity index (χ2v) is 7.26. The molecule has 0 aliphatic heterocycles. The molecule has 0 saturated heterocycles. The van der Waals surface area contributed by atoms with E-state index in [1.54, 1.807) is 0 Å². The minimum atomic E-state index is -0.283. The Balaban J connectivity index is 2.02. The van der Waals surface area contributed by atoms with Crippen molar-refractivity contribution in [1.82, 2.24) is 0 Å². The third-order valence-corrected chi connectivity index (χ3v) is 4.59. The Kier molecular flexibility index (Phi) is 6.80. The smallest absolute Gasteiger partial charge is 0.309 e. The third-order valence-electron chi connectivity index (χ3n) is 4.59. The van der Waals surface area contributed by atoms with Gasteiger partial charge >= 0.3 is 5.97 Å². The number of anilines is 1. The van der Waals surface area contributed by atoms with Gasteiger partial charge in [0, 0.05) is 5.69 Å². The Labute approximate surface area is 150 Å². The van der Waals surface area contributed by atoms with Gasteiger partial charge in [-0.3, -0.25) is 9.59 Å². The number of para-hydroxylation sites is 1. The lowest BCUT2D eigenvalue weighted by Gasteiger charge is -2.20. The van der Waals surface area contributed by atoms with Gasteiger partial charge in [-0.1, -0.05) is 58.0 Å². The zero-order valence-corrected chi connectivity index (χ0v) is 15.7. The van der Waals surface area contributed by atoms with Crippen molar-refractivity contribution in [2.75, 3.05) is 11.9 Å². The maximum Gasteiger partial charge on any atom is 0.309 e. The number of hydrogen-bond donors (Lipinski definition) is 1. The Morgan fingerprint density at radius 2 is 1.76 bits per heavy atom. The van der Waals surface area contributed by atoms with Crippen molar-refractivity contribution >= 4 is 17.6 Å². The number of amides is 1. The molecule has 0 spiro atoms. The topological polar surface area (TPSA) is 55.4 Å². The maximum atomic E-state index is 12.3. The fraction of sp³-hybridized carbons (Fsp3) is 0.524. The first-order valence-corrected chi connectivity index (χ1v) is 9.14. The fourth-order valence-corrected chi connectivity index (χ4v) is 3.13. The first-order valence-electron chi connectivity index (χ1n) is 9.14. The second-order valence-electron chi connectivity index (χ2n) is 7.26. The standard InChI is InChI=1S/C21H29NO3/c1-14(2)17-11-8-12-18(15(3)4)20(17)22-19(23)13-25-21(24)16-9-6-5-7-10-16/h5-6,8,11-12,14-16H,7,9-10,13H2,1-4H3,(H,22,23)/t16-/m1/s1. The minimum absolute atomic E-state index is 0.119. The average molecular weight is 343 g/mol. The average Bonchev–Trinajstić information content (AvgIpc) is 2.60. The number of carbonyl (C=O) groups is 2. The molecule has 1 atom stereocenters. The number of benzene rings is 1. The van der Waals surface area contributed by atoms with Crippen LogP contribution in [0.2, 0.25) is 0 Å². The van der Waals surface area contributed by atoms with Crippen molar-refractivity contribution < 1.29 is 14.3 Å². The molecule has 0 radical (unpaired) electrons. The summed E-state index contributed by atoms with van der Waals surface area (Å²) < 4.78 is 5.23. The Bertz CT molecular complexity index is 620. The molecule has 1 aromatic carbocycles. The normalized spacial score (nSPS) is 17.0. The summed E-state index contributed by atoms with van der Waals surface area (Å²) in [5.41, 5.74) is 3.06. The second kappa shape index (κ2) is 8.84. The van der Waals surface area contributed by atoms with E-state index >= 15 is 0 Å². The summed E-state index contributed by atoms with van der Waals surface area (Å²) in [5, 5.41) is 2.97. The SMILES string of the molecule is CC(C)c1cccc(C(C)C)c1NC(=O)COC(=O)[C@@H]1CC=CCC1. The lowest BCUT2D eigenvalue weighted by Crippen LogP contribution is -2.26. The molecule has 4 heteroatoms. The molecule has 0 fully saturated rings. The van der Waals surface area contributed by atoms with E-state index in [0.717, 1.165) is 29.7 Å². The highest BCUT2D eigenvalue weighted by atomic mass is 16.5. The number of nitrogens with one attached hydrogen (secondary N) is 1. The highest BCUT2D eigenvalue weighted by Gasteiger charge is 2.22. The quantitative estimate of drug-likeness (QED) is 0.598. The predicted octanol–water partition coefficient (Wildman–Crippen LogP) is 4.77. The monoisotopic (exact) mass is 343 g/mol. The van der Waals surface area contributed by atoms with Gasteiger partial charge in [0.1, 0.15) is 0 Å². The van der Waals surface area contributed by atoms with E-state index < -0.39 is 0 Å². The number of hydrogen-bond acceptors (Lipinski definition) is 3. The molecule has 0 saturated carbocycles. The van der Waals surface area contributed by atoms with Crippen LogP contribution in [0.25, 0.3) is 0 Å². The van der Waals surface area contributed by atoms with Crippen LogP contribution in [0, 0.1) is 5.92 Å². The summed E-state index contributed by atoms with van der Waals surface area (Å²) in [6, 6.07) is 6.09. The molecule has 25 heavy (non-hydrogen) atoms. The van der Waals surface area contributed by atoms with E-state index in [-0.39, 0.29) is 24.4 Å². The lowest BCUT2D eigenvalue weighted by atomic mass is 9.92. The van der Waals surface area contributed by atoms with E-state index in [0.29, 0.717) is 18.3 Å². The number of rotatable bonds is 6. The summed E-state index contributed by atoms with van der Waals surface area (Å²) in [6.07, 6.45) is 6.47. The van der Waals surface area contributed by atoms with Crippen molar-refractivity contribution in [3.05, 3.63) is 41.5 Å². The summed E-state index contributed by atoms with van der Waals surface area (Å²) in [7, 11) is 0. The van der Waals surface area contributed by atoms with Crippen LogP contribution >= 0.6 is 0 Å². The molecule has 0 aromatic heterocycles. The first-order chi connectivity index (χ1) is 11.9. The summed E-state index contributed by atoms with van der Waals surface area (Å²) in [4.78, 5) is 24.4. The van der Waals surface area contributed by atoms with Crippen molar-refractivity contribution in [3.8, 4) is 0 Å². The molecule has 1 aromatic rings. The van der Waals surface area contributed by atoms with Gasteiger partial charge in [-0.25, -0.2) is 0 Å². The van der Waals surface area contributed by atoms with Crippen molar-refractivity contribution in [3.63, 3.8) is 0 Å². The van der Waals surface area contributed by atoms with Crippen LogP contribution in [0.1, 0.15) is 69.9 Å². The molecule has 1 amide bonds. The van der Waals surface area contributed by atoms with E-state index in [4.69, 9.17) is 4.74 Å². The molecule has 0 bridgehead atoms. The fourth-order valence-electron chi connectivity index (χ4n) is 3.13. The van der Waals surface area contributed by atoms with Gasteiger partial charge in [-0.2, -0.15) is 0 Å². The van der Waals surface area contributed by atoms with Gasteiger partial charge in [0.05, 0.1) is 5.92 Å². The van der Waals surface area contributed by atoms with Gasteiger partial charge in [0.25, 0.3) is 5.91 Å². The zero-order chi connectivity index (χ0) is 18.4. The van der Waals surface area contributed by atoms with Gasteiger partial charge in [0.15, 0.2) is 6.61 Å². The van der Waals surface area contributed by atoms with Crippen molar-refractivity contribution in [2.45, 2.75) is 58.8 Å². The molecule has 136 valence electrons. The Morgan fingerprint density at radius 1 is 1.12 bits per heavy atom. The largest absolute Gasteiger partial charge is 0.455 e. The first kappa shape index (κ1) is 19.2. The molecule has 1 aliphatic rings. The summed E-state index contributed by atoms with van der Waals surface area (Å²) in [6.45, 7) is 8.18. The van der Waals surface area contributed by atoms with E-state index in [1.807, 2.05) is 24.3 Å². The lowest BCUT2D eigenvalue weighted by molar-refractivity contribution is -0.151. The van der Waals surface area contributed by atoms with Crippen LogP contribution in [-0.2, 0) is 14.3 Å². The van der Waals surface area contributed by atoms with Crippen LogP contribution in [0.4, 0.5) is 5.69 Å². The van der Waals surface area contributed by atoms with Gasteiger partial charge in [0.2, 0.25) is 0 Å². The zero-order valence-electron chi connectivity index (χ0n) is 15.7. The summed E-state index contributed by atoms with van der Waals surface area (Å²) in [5.74, 6) is -0.0847. The number of allylic oxidation sites excluding steroid dienone is 2. The molecule has 4 nitrogen and oxygen atoms in total. The van der Waals surface area contributed by atoms with Gasteiger partial charge in [-0.15, -0.1) is 0 Å². The molecular weight excluding hydrogens is 314 g/mol. The Morgan fingerprint density at radius 3 is 2.28 bits per heavy atom. The molecular formula is C21H29NO3. The maximum absolute atomic E-state index is 12.3.